The fourth-order valence-corrected chi connectivity index (χ4v) is 7.63. The van der Waals surface area contributed by atoms with E-state index in [1.165, 1.54) is 40.6 Å². The molecule has 4 rings (SSSR count). The molecule has 12 nitrogen and oxygen atoms in total. The van der Waals surface area contributed by atoms with Crippen molar-refractivity contribution >= 4 is 22.1 Å². The third kappa shape index (κ3) is 10.4. The van der Waals surface area contributed by atoms with Crippen molar-refractivity contribution in [3.05, 3.63) is 88.5 Å². The fourth-order valence-electron chi connectivity index (χ4n) is 6.46. The van der Waals surface area contributed by atoms with Crippen molar-refractivity contribution in [2.45, 2.75) is 114 Å². The van der Waals surface area contributed by atoms with Crippen LogP contribution in [0.2, 0.25) is 0 Å². The van der Waals surface area contributed by atoms with Crippen LogP contribution in [0.3, 0.4) is 0 Å². The van der Waals surface area contributed by atoms with Gasteiger partial charge in [-0.3, -0.25) is 5.32 Å². The Morgan fingerprint density at radius 3 is 1.73 bits per heavy atom. The molecule has 3 atom stereocenters. The van der Waals surface area contributed by atoms with E-state index in [-0.39, 0.29) is 24.2 Å². The zero-order valence-electron chi connectivity index (χ0n) is 34.2. The number of hydrogen-bond donors (Lipinski definition) is 1. The zero-order valence-corrected chi connectivity index (χ0v) is 35.0. The summed E-state index contributed by atoms with van der Waals surface area (Å²) >= 11 is 0. The Balaban J connectivity index is 2.00. The summed E-state index contributed by atoms with van der Waals surface area (Å²) in [5, 5.41) is 3.41. The van der Waals surface area contributed by atoms with Crippen LogP contribution in [-0.4, -0.2) is 77.7 Å². The molecule has 1 aliphatic rings. The van der Waals surface area contributed by atoms with E-state index in [9.17, 15) is 18.0 Å². The molecule has 0 amide bonds. The van der Waals surface area contributed by atoms with E-state index in [2.05, 4.69) is 5.32 Å². The molecule has 3 aromatic rings. The van der Waals surface area contributed by atoms with Gasteiger partial charge in [-0.2, -0.15) is 8.42 Å². The normalized spacial score (nSPS) is 18.3. The van der Waals surface area contributed by atoms with Crippen molar-refractivity contribution in [1.82, 2.24) is 5.32 Å². The number of carbonyl (C=O) groups is 2. The predicted octanol–water partition coefficient (Wildman–Crippen LogP) is 6.23. The lowest BCUT2D eigenvalue weighted by Crippen LogP contribution is -2.52. The number of benzene rings is 3. The summed E-state index contributed by atoms with van der Waals surface area (Å²) in [6.45, 7) is 14.3. The van der Waals surface area contributed by atoms with E-state index in [1.807, 2.05) is 18.2 Å². The maximum absolute atomic E-state index is 14.1. The first-order valence-electron chi connectivity index (χ1n) is 18.2. The smallest absolute Gasteiger partial charge is 0.338 e. The third-order valence-corrected chi connectivity index (χ3v) is 10.8. The minimum Gasteiger partial charge on any atom is -0.493 e. The van der Waals surface area contributed by atoms with Crippen LogP contribution >= 0.6 is 0 Å². The summed E-state index contributed by atoms with van der Waals surface area (Å²) in [5.41, 5.74) is -2.88. The standard InChI is InChI=1S/C42H57NO11S/c1-38(2,3)52-36(44)40(7,50-11)26-30-23-29-20-21-43-42(54-55(46,47)32-16-14-13-15-17-32,25-28-18-19-34(48-9)35(22-28)49-10)33(29)24-31(30)27-41(8,51-12)37(45)53-39(4,5)6/h13-19,22-24,43H,20-21,25-27H2,1-12H3/t40?,41?,42-/m1/s1. The van der Waals surface area contributed by atoms with E-state index in [0.717, 1.165) is 5.56 Å². The number of ether oxygens (including phenoxy) is 6. The second-order valence-electron chi connectivity index (χ2n) is 16.2. The molecule has 0 bridgehead atoms. The highest BCUT2D eigenvalue weighted by molar-refractivity contribution is 7.86. The van der Waals surface area contributed by atoms with Crippen molar-refractivity contribution in [2.75, 3.05) is 35.0 Å². The zero-order chi connectivity index (χ0) is 41.0. The number of nitrogens with one attached hydrogen (secondary N) is 1. The third-order valence-electron chi connectivity index (χ3n) is 9.47. The number of rotatable bonds is 15. The van der Waals surface area contributed by atoms with Gasteiger partial charge in [-0.25, -0.2) is 13.8 Å². The quantitative estimate of drug-likeness (QED) is 0.138. The lowest BCUT2D eigenvalue weighted by Gasteiger charge is -2.41. The first kappa shape index (κ1) is 43.7. The molecule has 55 heavy (non-hydrogen) atoms. The van der Waals surface area contributed by atoms with Crippen LogP contribution in [-0.2, 0) is 74.2 Å². The molecule has 0 saturated heterocycles. The topological polar surface area (TPSA) is 145 Å². The summed E-state index contributed by atoms with van der Waals surface area (Å²) in [5.74, 6) is -0.184. The molecule has 1 aliphatic heterocycles. The molecule has 1 heterocycles. The first-order valence-corrected chi connectivity index (χ1v) is 19.6. The summed E-state index contributed by atoms with van der Waals surface area (Å²) in [4.78, 5) is 27.4. The SMILES string of the molecule is COc1ccc(C[C@]2(OS(=O)(=O)c3ccccc3)NCCc3cc(CC(C)(OC)C(=O)OC(C)(C)C)c(CC(C)(OC)C(=O)OC(C)(C)C)cc32)cc1OC. The molecule has 0 fully saturated rings. The van der Waals surface area contributed by atoms with E-state index in [4.69, 9.17) is 32.6 Å². The van der Waals surface area contributed by atoms with Crippen molar-refractivity contribution in [3.8, 4) is 11.5 Å². The Hall–Kier alpha value is -4.01. The van der Waals surface area contributed by atoms with Gasteiger partial charge in [0.2, 0.25) is 0 Å². The van der Waals surface area contributed by atoms with E-state index in [1.54, 1.807) is 85.7 Å². The van der Waals surface area contributed by atoms with Gasteiger partial charge < -0.3 is 28.4 Å². The van der Waals surface area contributed by atoms with Crippen LogP contribution in [0.4, 0.5) is 0 Å². The van der Waals surface area contributed by atoms with Gasteiger partial charge in [-0.1, -0.05) is 36.4 Å². The van der Waals surface area contributed by atoms with Gasteiger partial charge in [-0.15, -0.1) is 0 Å². The molecule has 3 aromatic carbocycles. The van der Waals surface area contributed by atoms with Crippen LogP contribution in [0.15, 0.2) is 65.6 Å². The van der Waals surface area contributed by atoms with Crippen LogP contribution in [0.25, 0.3) is 0 Å². The minimum absolute atomic E-state index is 0.00693. The molecule has 1 N–H and O–H groups in total. The number of hydrogen-bond acceptors (Lipinski definition) is 12. The maximum Gasteiger partial charge on any atom is 0.338 e. The summed E-state index contributed by atoms with van der Waals surface area (Å²) < 4.78 is 69.0. The second kappa shape index (κ2) is 16.6. The van der Waals surface area contributed by atoms with Gasteiger partial charge in [0.15, 0.2) is 28.4 Å². The predicted molar refractivity (Wildman–Crippen MR) is 208 cm³/mol. The molecule has 0 spiro atoms. The van der Waals surface area contributed by atoms with Gasteiger partial charge >= 0.3 is 11.9 Å². The van der Waals surface area contributed by atoms with E-state index >= 15 is 0 Å². The Bertz CT molecular complexity index is 1950. The molecule has 13 heteroatoms. The van der Waals surface area contributed by atoms with Crippen molar-refractivity contribution in [2.24, 2.45) is 0 Å². The van der Waals surface area contributed by atoms with Crippen LogP contribution < -0.4 is 14.8 Å². The van der Waals surface area contributed by atoms with Gasteiger partial charge in [0.05, 0.1) is 19.1 Å². The Kier molecular flexibility index (Phi) is 13.2. The highest BCUT2D eigenvalue weighted by Gasteiger charge is 2.46. The van der Waals surface area contributed by atoms with Gasteiger partial charge in [0.25, 0.3) is 10.1 Å². The molecule has 2 unspecified atom stereocenters. The molecule has 0 aliphatic carbocycles. The Morgan fingerprint density at radius 1 is 0.709 bits per heavy atom. The van der Waals surface area contributed by atoms with Crippen LogP contribution in [0, 0.1) is 0 Å². The van der Waals surface area contributed by atoms with E-state index in [0.29, 0.717) is 46.7 Å². The average molecular weight is 784 g/mol. The summed E-state index contributed by atoms with van der Waals surface area (Å²) in [7, 11) is 1.57. The largest absolute Gasteiger partial charge is 0.493 e. The highest BCUT2D eigenvalue weighted by atomic mass is 32.2. The lowest BCUT2D eigenvalue weighted by atomic mass is 9.80. The lowest BCUT2D eigenvalue weighted by molar-refractivity contribution is -0.179. The maximum atomic E-state index is 14.1. The van der Waals surface area contributed by atoms with Crippen LogP contribution in [0.5, 0.6) is 11.5 Å². The Labute approximate surface area is 326 Å². The number of carbonyl (C=O) groups excluding carboxylic acids is 2. The molecular weight excluding hydrogens is 727 g/mol. The summed E-state index contributed by atoms with van der Waals surface area (Å²) in [6.07, 6.45) is 0.600. The number of esters is 2. The molecule has 0 saturated carbocycles. The molecule has 302 valence electrons. The number of methoxy groups -OCH3 is 4. The van der Waals surface area contributed by atoms with Crippen LogP contribution in [0.1, 0.15) is 83.2 Å². The monoisotopic (exact) mass is 783 g/mol. The second-order valence-corrected chi connectivity index (χ2v) is 17.8. The average Bonchev–Trinajstić information content (AvgIpc) is 3.10. The minimum atomic E-state index is -4.37. The van der Waals surface area contributed by atoms with Gasteiger partial charge in [0.1, 0.15) is 11.2 Å². The Morgan fingerprint density at radius 2 is 1.24 bits per heavy atom. The first-order chi connectivity index (χ1) is 25.5. The van der Waals surface area contributed by atoms with Crippen molar-refractivity contribution < 1.29 is 50.6 Å². The highest BCUT2D eigenvalue weighted by Crippen LogP contribution is 2.41. The molecular formula is C42H57NO11S. The van der Waals surface area contributed by atoms with Gasteiger partial charge in [-0.05, 0) is 108 Å². The summed E-state index contributed by atoms with van der Waals surface area (Å²) in [6, 6.07) is 17.1. The fraction of sp³-hybridized carbons (Fsp3) is 0.524. The molecule has 0 radical (unpaired) electrons. The van der Waals surface area contributed by atoms with Gasteiger partial charge in [0, 0.05) is 45.6 Å². The van der Waals surface area contributed by atoms with Crippen molar-refractivity contribution in [1.29, 1.82) is 0 Å². The molecule has 0 aromatic heterocycles. The van der Waals surface area contributed by atoms with E-state index < -0.39 is 50.2 Å². The number of fused-ring (bicyclic) bond motifs is 1. The van der Waals surface area contributed by atoms with Crippen molar-refractivity contribution in [3.63, 3.8) is 0 Å².